The number of esters is 1. The van der Waals surface area contributed by atoms with E-state index in [1.807, 2.05) is 0 Å². The van der Waals surface area contributed by atoms with Gasteiger partial charge in [-0.05, 0) is 11.9 Å². The highest BCUT2D eigenvalue weighted by Gasteiger charge is 2.50. The Morgan fingerprint density at radius 3 is 2.74 bits per heavy atom. The van der Waals surface area contributed by atoms with Crippen molar-refractivity contribution < 1.29 is 23.7 Å². The van der Waals surface area contributed by atoms with Crippen LogP contribution in [-0.2, 0) is 14.3 Å². The number of carbonyl (C=O) groups excluding carboxylic acids is 3. The fourth-order valence-electron chi connectivity index (χ4n) is 2.03. The largest absolute Gasteiger partial charge is 0.463 e. The van der Waals surface area contributed by atoms with E-state index in [0.29, 0.717) is 5.84 Å². The molecule has 19 heavy (non-hydrogen) atoms. The SMILES string of the molecule is CCOC(=O)C[N+]1=CN=C2C1C(=O)N(C)C(=O)N2C. The molecule has 2 rings (SSSR count). The van der Waals surface area contributed by atoms with Gasteiger partial charge < -0.3 is 4.74 Å². The number of fused-ring (bicyclic) bond motifs is 1. The average Bonchev–Trinajstić information content (AvgIpc) is 2.78. The quantitative estimate of drug-likeness (QED) is 0.480. The van der Waals surface area contributed by atoms with E-state index in [1.165, 1.54) is 22.9 Å². The van der Waals surface area contributed by atoms with Gasteiger partial charge in [0.2, 0.25) is 0 Å². The van der Waals surface area contributed by atoms with Gasteiger partial charge in [0.05, 0.1) is 6.61 Å². The van der Waals surface area contributed by atoms with Crippen LogP contribution in [0.3, 0.4) is 0 Å². The van der Waals surface area contributed by atoms with Crippen molar-refractivity contribution in [3.05, 3.63) is 0 Å². The second-order valence-electron chi connectivity index (χ2n) is 4.22. The van der Waals surface area contributed by atoms with Crippen LogP contribution in [0.4, 0.5) is 4.79 Å². The molecule has 1 fully saturated rings. The average molecular weight is 267 g/mol. The Balaban J connectivity index is 2.19. The number of aliphatic imine (C=N–C) groups is 1. The summed E-state index contributed by atoms with van der Waals surface area (Å²) in [5, 5.41) is 0. The smallest absolute Gasteiger partial charge is 0.348 e. The summed E-state index contributed by atoms with van der Waals surface area (Å²) < 4.78 is 6.30. The molecule has 0 bridgehead atoms. The van der Waals surface area contributed by atoms with Crippen LogP contribution in [-0.4, -0.2) is 77.7 Å². The fraction of sp³-hybridized carbons (Fsp3) is 0.545. The van der Waals surface area contributed by atoms with Crippen molar-refractivity contribution in [3.8, 4) is 0 Å². The third kappa shape index (κ3) is 2.09. The van der Waals surface area contributed by atoms with Crippen LogP contribution in [0.1, 0.15) is 6.92 Å². The lowest BCUT2D eigenvalue weighted by atomic mass is 10.1. The molecular weight excluding hydrogens is 252 g/mol. The molecule has 8 nitrogen and oxygen atoms in total. The Labute approximate surface area is 109 Å². The first-order chi connectivity index (χ1) is 8.97. The van der Waals surface area contributed by atoms with Gasteiger partial charge >= 0.3 is 12.0 Å². The Bertz CT molecular complexity index is 511. The number of ether oxygens (including phenoxy) is 1. The number of amides is 3. The maximum atomic E-state index is 12.1. The topological polar surface area (TPSA) is 82.3 Å². The number of hydrogen-bond acceptors (Lipinski definition) is 5. The molecule has 8 heteroatoms. The van der Waals surface area contributed by atoms with Gasteiger partial charge in [0.1, 0.15) is 0 Å². The maximum absolute atomic E-state index is 12.1. The predicted octanol–water partition coefficient (Wildman–Crippen LogP) is -1.11. The van der Waals surface area contributed by atoms with E-state index in [4.69, 9.17) is 4.74 Å². The zero-order valence-corrected chi connectivity index (χ0v) is 11.0. The van der Waals surface area contributed by atoms with Gasteiger partial charge in [0, 0.05) is 14.1 Å². The molecule has 2 heterocycles. The molecule has 0 saturated carbocycles. The number of nitrogens with zero attached hydrogens (tertiary/aromatic N) is 4. The highest BCUT2D eigenvalue weighted by molar-refractivity contribution is 6.21. The number of imide groups is 1. The molecule has 102 valence electrons. The number of amidine groups is 1. The molecule has 1 unspecified atom stereocenters. The summed E-state index contributed by atoms with van der Waals surface area (Å²) in [6.45, 7) is 1.91. The third-order valence-corrected chi connectivity index (χ3v) is 3.01. The van der Waals surface area contributed by atoms with E-state index < -0.39 is 23.9 Å². The molecule has 0 aromatic carbocycles. The lowest BCUT2D eigenvalue weighted by Gasteiger charge is -2.30. The second-order valence-corrected chi connectivity index (χ2v) is 4.22. The normalized spacial score (nSPS) is 22.2. The first-order valence-corrected chi connectivity index (χ1v) is 5.85. The van der Waals surface area contributed by atoms with Crippen molar-refractivity contribution >= 4 is 30.1 Å². The van der Waals surface area contributed by atoms with Crippen molar-refractivity contribution in [1.82, 2.24) is 9.80 Å². The summed E-state index contributed by atoms with van der Waals surface area (Å²) in [5.74, 6) is -0.512. The van der Waals surface area contributed by atoms with Crippen molar-refractivity contribution in [2.75, 3.05) is 27.2 Å². The molecule has 1 atom stereocenters. The Morgan fingerprint density at radius 1 is 1.42 bits per heavy atom. The van der Waals surface area contributed by atoms with Gasteiger partial charge in [-0.15, -0.1) is 0 Å². The highest BCUT2D eigenvalue weighted by Crippen LogP contribution is 2.16. The Morgan fingerprint density at radius 2 is 2.11 bits per heavy atom. The van der Waals surface area contributed by atoms with Crippen molar-refractivity contribution in [1.29, 1.82) is 0 Å². The Hall–Kier alpha value is -2.25. The first-order valence-electron chi connectivity index (χ1n) is 5.85. The molecule has 0 radical (unpaired) electrons. The summed E-state index contributed by atoms with van der Waals surface area (Å²) >= 11 is 0. The van der Waals surface area contributed by atoms with E-state index in [2.05, 4.69) is 4.99 Å². The molecule has 2 aliphatic rings. The minimum atomic E-state index is -0.739. The van der Waals surface area contributed by atoms with Crippen molar-refractivity contribution in [2.24, 2.45) is 4.99 Å². The minimum absolute atomic E-state index is 0.0763. The summed E-state index contributed by atoms with van der Waals surface area (Å²) in [4.78, 5) is 41.6. The second kappa shape index (κ2) is 4.79. The van der Waals surface area contributed by atoms with Crippen molar-refractivity contribution in [3.63, 3.8) is 0 Å². The number of likely N-dealkylation sites (N-methyl/N-ethyl adjacent to an activating group) is 2. The van der Waals surface area contributed by atoms with Crippen LogP contribution in [0, 0.1) is 0 Å². The zero-order chi connectivity index (χ0) is 14.2. The Kier molecular flexibility index (Phi) is 3.32. The minimum Gasteiger partial charge on any atom is -0.463 e. The number of rotatable bonds is 3. The van der Waals surface area contributed by atoms with Gasteiger partial charge in [0.25, 0.3) is 24.1 Å². The monoisotopic (exact) mass is 267 g/mol. The lowest BCUT2D eigenvalue weighted by molar-refractivity contribution is -0.521. The van der Waals surface area contributed by atoms with Gasteiger partial charge in [-0.2, -0.15) is 0 Å². The van der Waals surface area contributed by atoms with E-state index in [-0.39, 0.29) is 13.2 Å². The van der Waals surface area contributed by atoms with Crippen LogP contribution in [0.5, 0.6) is 0 Å². The summed E-state index contributed by atoms with van der Waals surface area (Å²) in [6.07, 6.45) is 1.39. The summed E-state index contributed by atoms with van der Waals surface area (Å²) in [6, 6.07) is -1.18. The van der Waals surface area contributed by atoms with E-state index >= 15 is 0 Å². The molecule has 0 aliphatic carbocycles. The van der Waals surface area contributed by atoms with Crippen LogP contribution < -0.4 is 0 Å². The lowest BCUT2D eigenvalue weighted by Crippen LogP contribution is -2.61. The third-order valence-electron chi connectivity index (χ3n) is 3.01. The van der Waals surface area contributed by atoms with Crippen LogP contribution >= 0.6 is 0 Å². The van der Waals surface area contributed by atoms with Crippen LogP contribution in [0.2, 0.25) is 0 Å². The van der Waals surface area contributed by atoms with E-state index in [9.17, 15) is 14.4 Å². The van der Waals surface area contributed by atoms with Gasteiger partial charge in [0.15, 0.2) is 6.54 Å². The van der Waals surface area contributed by atoms with E-state index in [0.717, 1.165) is 4.90 Å². The molecule has 0 spiro atoms. The van der Waals surface area contributed by atoms with Crippen molar-refractivity contribution in [2.45, 2.75) is 13.0 Å². The highest BCUT2D eigenvalue weighted by atomic mass is 16.5. The van der Waals surface area contributed by atoms with Gasteiger partial charge in [-0.3, -0.25) is 14.6 Å². The molecular formula is C11H15N4O4+. The standard InChI is InChI=1S/C11H15N4O4/c1-4-19-7(16)5-15-6-12-9-8(15)10(17)14(3)11(18)13(9)2/h6,8H,4-5H2,1-3H3/q+1. The molecule has 2 aliphatic heterocycles. The first kappa shape index (κ1) is 13.2. The molecule has 1 saturated heterocycles. The number of hydrogen-bond donors (Lipinski definition) is 0. The number of urea groups is 1. The van der Waals surface area contributed by atoms with Crippen LogP contribution in [0.25, 0.3) is 0 Å². The van der Waals surface area contributed by atoms with Gasteiger partial charge in [-0.25, -0.2) is 14.2 Å². The molecule has 0 aromatic heterocycles. The summed E-state index contributed by atoms with van der Waals surface area (Å²) in [5.41, 5.74) is 0. The molecule has 0 N–H and O–H groups in total. The fourth-order valence-corrected chi connectivity index (χ4v) is 2.03. The maximum Gasteiger partial charge on any atom is 0.348 e. The molecule has 3 amide bonds. The molecule has 0 aromatic rings. The predicted molar refractivity (Wildman–Crippen MR) is 65.0 cm³/mol. The number of carbonyl (C=O) groups is 3. The van der Waals surface area contributed by atoms with Crippen LogP contribution in [0.15, 0.2) is 4.99 Å². The van der Waals surface area contributed by atoms with E-state index in [1.54, 1.807) is 14.0 Å². The van der Waals surface area contributed by atoms with Gasteiger partial charge in [-0.1, -0.05) is 0 Å². The summed E-state index contributed by atoms with van der Waals surface area (Å²) in [7, 11) is 2.94. The zero-order valence-electron chi connectivity index (χ0n) is 11.0.